The Balaban J connectivity index is 1.59. The van der Waals surface area contributed by atoms with Crippen LogP contribution in [0.3, 0.4) is 0 Å². The maximum absolute atomic E-state index is 14.5. The number of carbonyl (C=O) groups is 2. The molecule has 5 nitrogen and oxygen atoms in total. The van der Waals surface area contributed by atoms with Crippen molar-refractivity contribution in [3.63, 3.8) is 0 Å². The summed E-state index contributed by atoms with van der Waals surface area (Å²) in [5.41, 5.74) is 1.29. The highest BCUT2D eigenvalue weighted by Crippen LogP contribution is 2.35. The lowest BCUT2D eigenvalue weighted by Crippen LogP contribution is -2.38. The zero-order valence-corrected chi connectivity index (χ0v) is 17.5. The van der Waals surface area contributed by atoms with Gasteiger partial charge in [-0.2, -0.15) is 5.10 Å². The average Bonchev–Trinajstić information content (AvgIpc) is 3.23. The summed E-state index contributed by atoms with van der Waals surface area (Å²) in [6.45, 7) is -0.433. The summed E-state index contributed by atoms with van der Waals surface area (Å²) >= 11 is 6.29. The van der Waals surface area contributed by atoms with Gasteiger partial charge in [0.2, 0.25) is 0 Å². The van der Waals surface area contributed by atoms with Gasteiger partial charge in [-0.05, 0) is 24.3 Å². The normalized spacial score (nSPS) is 15.4. The molecule has 1 aliphatic rings. The number of rotatable bonds is 5. The number of hydrogen-bond acceptors (Lipinski definition) is 3. The molecule has 8 heteroatoms. The van der Waals surface area contributed by atoms with E-state index in [1.54, 1.807) is 42.5 Å². The van der Waals surface area contributed by atoms with Gasteiger partial charge in [0, 0.05) is 22.6 Å². The van der Waals surface area contributed by atoms with Crippen molar-refractivity contribution in [2.75, 3.05) is 6.54 Å². The predicted octanol–water partition coefficient (Wildman–Crippen LogP) is 4.73. The van der Waals surface area contributed by atoms with Crippen molar-refractivity contribution >= 4 is 29.1 Å². The van der Waals surface area contributed by atoms with E-state index in [4.69, 9.17) is 11.6 Å². The van der Waals surface area contributed by atoms with Crippen LogP contribution in [0.4, 0.5) is 8.78 Å². The second kappa shape index (κ2) is 9.28. The van der Waals surface area contributed by atoms with E-state index in [0.29, 0.717) is 21.9 Å². The predicted molar refractivity (Wildman–Crippen MR) is 117 cm³/mol. The summed E-state index contributed by atoms with van der Waals surface area (Å²) in [7, 11) is 0. The van der Waals surface area contributed by atoms with E-state index in [1.165, 1.54) is 24.3 Å². The van der Waals surface area contributed by atoms with E-state index in [0.717, 1.165) is 11.1 Å². The van der Waals surface area contributed by atoms with Crippen LogP contribution in [0.2, 0.25) is 5.02 Å². The molecule has 1 N–H and O–H groups in total. The fraction of sp³-hybridized carbons (Fsp3) is 0.125. The zero-order chi connectivity index (χ0) is 22.7. The van der Waals surface area contributed by atoms with Gasteiger partial charge in [-0.3, -0.25) is 9.59 Å². The van der Waals surface area contributed by atoms with Crippen LogP contribution in [0.25, 0.3) is 0 Å². The lowest BCUT2D eigenvalue weighted by atomic mass is 9.98. The van der Waals surface area contributed by atoms with Gasteiger partial charge < -0.3 is 5.32 Å². The lowest BCUT2D eigenvalue weighted by Gasteiger charge is -2.22. The molecule has 3 aromatic carbocycles. The molecule has 1 heterocycles. The maximum Gasteiger partial charge on any atom is 0.262 e. The summed E-state index contributed by atoms with van der Waals surface area (Å²) in [6.07, 6.45) is 0.248. The molecule has 3 aromatic rings. The molecule has 0 radical (unpaired) electrons. The molecule has 0 saturated heterocycles. The van der Waals surface area contributed by atoms with Gasteiger partial charge in [-0.25, -0.2) is 13.8 Å². The van der Waals surface area contributed by atoms with Crippen molar-refractivity contribution in [1.29, 1.82) is 0 Å². The Morgan fingerprint density at radius 1 is 0.969 bits per heavy atom. The van der Waals surface area contributed by atoms with Gasteiger partial charge in [-0.15, -0.1) is 0 Å². The first-order valence-corrected chi connectivity index (χ1v) is 10.2. The molecule has 162 valence electrons. The highest BCUT2D eigenvalue weighted by molar-refractivity contribution is 6.34. The number of amides is 2. The Hall–Kier alpha value is -3.58. The largest absolute Gasteiger partial charge is 0.343 e. The monoisotopic (exact) mass is 453 g/mol. The average molecular weight is 454 g/mol. The van der Waals surface area contributed by atoms with Crippen LogP contribution in [-0.2, 0) is 4.79 Å². The van der Waals surface area contributed by atoms with E-state index in [2.05, 4.69) is 10.4 Å². The standard InChI is InChI=1S/C24H18ClF2N3O2/c25-18-10-4-1-7-15(18)21-13-22(16-8-2-5-11-19(16)26)30(29-21)23(31)14-28-24(32)17-9-3-6-12-20(17)27/h1-12,22H,13-14H2,(H,28,32)/t22-/m0/s1. The second-order valence-corrected chi connectivity index (χ2v) is 7.58. The number of nitrogens with one attached hydrogen (secondary N) is 1. The second-order valence-electron chi connectivity index (χ2n) is 7.17. The summed E-state index contributed by atoms with van der Waals surface area (Å²) in [5, 5.41) is 8.43. The van der Waals surface area contributed by atoms with Crippen LogP contribution < -0.4 is 5.32 Å². The molecule has 0 unspecified atom stereocenters. The first kappa shape index (κ1) is 21.6. The highest BCUT2D eigenvalue weighted by atomic mass is 35.5. The fourth-order valence-electron chi connectivity index (χ4n) is 3.56. The number of carbonyl (C=O) groups excluding carboxylic acids is 2. The van der Waals surface area contributed by atoms with Crippen LogP contribution in [0.1, 0.15) is 33.9 Å². The molecule has 0 bridgehead atoms. The highest BCUT2D eigenvalue weighted by Gasteiger charge is 2.35. The van der Waals surface area contributed by atoms with Crippen LogP contribution in [0.15, 0.2) is 77.9 Å². The van der Waals surface area contributed by atoms with E-state index in [9.17, 15) is 18.4 Å². The number of nitrogens with zero attached hydrogens (tertiary/aromatic N) is 2. The molecule has 4 rings (SSSR count). The Morgan fingerprint density at radius 2 is 1.62 bits per heavy atom. The van der Waals surface area contributed by atoms with Crippen molar-refractivity contribution in [1.82, 2.24) is 10.3 Å². The Labute approximate surface area is 188 Å². The summed E-state index contributed by atoms with van der Waals surface area (Å²) < 4.78 is 28.4. The van der Waals surface area contributed by atoms with Gasteiger partial charge in [0.1, 0.15) is 11.6 Å². The molecule has 0 spiro atoms. The molecule has 1 atom stereocenters. The molecule has 0 fully saturated rings. The first-order chi connectivity index (χ1) is 15.5. The number of benzene rings is 3. The molecular formula is C24H18ClF2N3O2. The summed E-state index contributed by atoms with van der Waals surface area (Å²) in [5.74, 6) is -2.46. The number of hydrazone groups is 1. The third-order valence-corrected chi connectivity index (χ3v) is 5.46. The molecule has 32 heavy (non-hydrogen) atoms. The van der Waals surface area contributed by atoms with E-state index < -0.39 is 36.0 Å². The third kappa shape index (κ3) is 4.38. The summed E-state index contributed by atoms with van der Waals surface area (Å²) in [4.78, 5) is 25.3. The van der Waals surface area contributed by atoms with Crippen LogP contribution >= 0.6 is 11.6 Å². The molecule has 1 aliphatic heterocycles. The van der Waals surface area contributed by atoms with Gasteiger partial charge in [0.25, 0.3) is 11.8 Å². The van der Waals surface area contributed by atoms with E-state index in [-0.39, 0.29) is 12.0 Å². The van der Waals surface area contributed by atoms with Gasteiger partial charge in [-0.1, -0.05) is 60.1 Å². The summed E-state index contributed by atoms with van der Waals surface area (Å²) in [6, 6.07) is 17.9. The van der Waals surface area contributed by atoms with Gasteiger partial charge in [0.05, 0.1) is 23.9 Å². The quantitative estimate of drug-likeness (QED) is 0.607. The Bertz CT molecular complexity index is 1220. The van der Waals surface area contributed by atoms with Crippen LogP contribution in [-0.4, -0.2) is 29.1 Å². The third-order valence-electron chi connectivity index (χ3n) is 5.13. The van der Waals surface area contributed by atoms with Crippen molar-refractivity contribution in [3.8, 4) is 0 Å². The minimum Gasteiger partial charge on any atom is -0.343 e. The van der Waals surface area contributed by atoms with E-state index in [1.807, 2.05) is 0 Å². The van der Waals surface area contributed by atoms with Crippen molar-refractivity contribution in [3.05, 3.63) is 106 Å². The van der Waals surface area contributed by atoms with Crippen molar-refractivity contribution in [2.45, 2.75) is 12.5 Å². The van der Waals surface area contributed by atoms with Crippen LogP contribution in [0.5, 0.6) is 0 Å². The lowest BCUT2D eigenvalue weighted by molar-refractivity contribution is -0.131. The smallest absolute Gasteiger partial charge is 0.262 e. The number of hydrogen-bond donors (Lipinski definition) is 1. The van der Waals surface area contributed by atoms with Crippen molar-refractivity contribution < 1.29 is 18.4 Å². The minimum atomic E-state index is -0.728. The Morgan fingerprint density at radius 3 is 2.34 bits per heavy atom. The van der Waals surface area contributed by atoms with E-state index >= 15 is 0 Å². The first-order valence-electron chi connectivity index (χ1n) is 9.87. The van der Waals surface area contributed by atoms with Crippen LogP contribution in [0, 0.1) is 11.6 Å². The Kier molecular flexibility index (Phi) is 6.28. The molecule has 2 amide bonds. The topological polar surface area (TPSA) is 61.8 Å². The molecular weight excluding hydrogens is 436 g/mol. The zero-order valence-electron chi connectivity index (χ0n) is 16.8. The SMILES string of the molecule is O=C(NCC(=O)N1N=C(c2ccccc2Cl)C[C@H]1c1ccccc1F)c1ccccc1F. The van der Waals surface area contributed by atoms with Gasteiger partial charge in [0.15, 0.2) is 0 Å². The number of halogens is 3. The van der Waals surface area contributed by atoms with Gasteiger partial charge >= 0.3 is 0 Å². The molecule has 0 aliphatic carbocycles. The molecule has 0 saturated carbocycles. The fourth-order valence-corrected chi connectivity index (χ4v) is 3.81. The molecule has 0 aromatic heterocycles. The minimum absolute atomic E-state index is 0.173. The maximum atomic E-state index is 14.5. The van der Waals surface area contributed by atoms with Crippen molar-refractivity contribution in [2.24, 2.45) is 5.10 Å².